The van der Waals surface area contributed by atoms with E-state index in [0.29, 0.717) is 0 Å². The van der Waals surface area contributed by atoms with Crippen LogP contribution in [0.2, 0.25) is 0 Å². The fourth-order valence-corrected chi connectivity index (χ4v) is 9.68. The van der Waals surface area contributed by atoms with Gasteiger partial charge < -0.3 is 4.74 Å². The molecule has 7 heteroatoms. The van der Waals surface area contributed by atoms with Crippen molar-refractivity contribution in [3.8, 4) is 0 Å². The molecule has 1 heterocycles. The number of alkyl halides is 5. The number of ketones is 1. The first-order valence-corrected chi connectivity index (χ1v) is 8.29. The number of epoxide rings is 1. The van der Waals surface area contributed by atoms with Crippen LogP contribution in [0.15, 0.2) is 0 Å². The van der Waals surface area contributed by atoms with E-state index in [-0.39, 0.29) is 47.6 Å². The molecule has 102 valence electrons. The first-order chi connectivity index (χ1) is 8.75. The molecule has 0 aromatic heterocycles. The van der Waals surface area contributed by atoms with Crippen LogP contribution in [0.4, 0.5) is 0 Å². The quantitative estimate of drug-likeness (QED) is 0.491. The third-order valence-electron chi connectivity index (χ3n) is 6.85. The Hall–Kier alpha value is 1.08. The van der Waals surface area contributed by atoms with Crippen molar-refractivity contribution in [2.45, 2.75) is 31.2 Å². The van der Waals surface area contributed by atoms with Gasteiger partial charge in [-0.1, -0.05) is 23.2 Å². The maximum absolute atomic E-state index is 12.8. The Bertz CT molecular complexity index is 599. The van der Waals surface area contributed by atoms with Crippen molar-refractivity contribution >= 4 is 63.8 Å². The SMILES string of the molecule is O=C1C2(Cl)C3C4C5OC5C5C4C1(Cl)C(Cl)(C53)C2(Cl)Cl. The summed E-state index contributed by atoms with van der Waals surface area (Å²) in [6.45, 7) is 0. The van der Waals surface area contributed by atoms with Crippen molar-refractivity contribution < 1.29 is 9.53 Å². The highest BCUT2D eigenvalue weighted by molar-refractivity contribution is 6.69. The van der Waals surface area contributed by atoms with E-state index < -0.39 is 19.0 Å². The number of ether oxygens (including phenoxy) is 1. The standard InChI is InChI=1S/C12H7Cl5O2/c13-9-3-1-4-5(2(3)7-6(1)19-7)11(9,15)12(16,17)10(4,14)8(9)18/h1-7H. The van der Waals surface area contributed by atoms with Gasteiger partial charge in [-0.05, 0) is 29.6 Å². The van der Waals surface area contributed by atoms with Gasteiger partial charge in [0.2, 0.25) is 0 Å². The Labute approximate surface area is 134 Å². The second-order valence-corrected chi connectivity index (χ2v) is 9.95. The minimum absolute atomic E-state index is 0.00406. The second-order valence-electron chi connectivity index (χ2n) is 6.84. The van der Waals surface area contributed by atoms with Gasteiger partial charge in [0.1, 0.15) is 14.6 Å². The normalized spacial score (nSPS) is 79.2. The Morgan fingerprint density at radius 2 is 1.42 bits per heavy atom. The molecule has 6 fully saturated rings. The molecular weight excluding hydrogens is 353 g/mol. The van der Waals surface area contributed by atoms with Crippen molar-refractivity contribution in [1.29, 1.82) is 0 Å². The number of halogens is 5. The van der Waals surface area contributed by atoms with Crippen LogP contribution in [-0.2, 0) is 9.53 Å². The average Bonchev–Trinajstić information content (AvgIpc) is 2.89. The lowest BCUT2D eigenvalue weighted by Gasteiger charge is -2.49. The molecule has 0 spiro atoms. The molecule has 1 aliphatic heterocycles. The van der Waals surface area contributed by atoms with Gasteiger partial charge in [0.15, 0.2) is 10.1 Å². The lowest BCUT2D eigenvalue weighted by Crippen LogP contribution is -2.64. The van der Waals surface area contributed by atoms with Crippen molar-refractivity contribution in [2.24, 2.45) is 29.6 Å². The zero-order valence-electron chi connectivity index (χ0n) is 9.25. The molecular formula is C12H7Cl5O2. The molecule has 10 atom stereocenters. The van der Waals surface area contributed by atoms with E-state index in [2.05, 4.69) is 0 Å². The van der Waals surface area contributed by atoms with Crippen LogP contribution in [0.1, 0.15) is 0 Å². The van der Waals surface area contributed by atoms with Crippen LogP contribution in [0.3, 0.4) is 0 Å². The summed E-state index contributed by atoms with van der Waals surface area (Å²) >= 11 is 33.3. The first-order valence-electron chi connectivity index (χ1n) is 6.40. The molecule has 1 saturated heterocycles. The van der Waals surface area contributed by atoms with Crippen molar-refractivity contribution in [2.75, 3.05) is 0 Å². The zero-order chi connectivity index (χ0) is 13.3. The van der Waals surface area contributed by atoms with Gasteiger partial charge in [0, 0.05) is 0 Å². The van der Waals surface area contributed by atoms with Crippen LogP contribution in [0.5, 0.6) is 0 Å². The Morgan fingerprint density at radius 3 is 2.05 bits per heavy atom. The molecule has 0 amide bonds. The van der Waals surface area contributed by atoms with E-state index in [1.54, 1.807) is 0 Å². The molecule has 0 radical (unpaired) electrons. The van der Waals surface area contributed by atoms with Crippen molar-refractivity contribution in [3.05, 3.63) is 0 Å². The van der Waals surface area contributed by atoms with Gasteiger partial charge in [0.25, 0.3) is 0 Å². The third-order valence-corrected chi connectivity index (χ3v) is 10.8. The minimum Gasteiger partial charge on any atom is -0.369 e. The van der Waals surface area contributed by atoms with Crippen LogP contribution in [-0.4, -0.2) is 36.9 Å². The summed E-state index contributed by atoms with van der Waals surface area (Å²) in [6.07, 6.45) is 0.369. The Morgan fingerprint density at radius 1 is 0.842 bits per heavy atom. The highest BCUT2D eigenvalue weighted by atomic mass is 35.5. The van der Waals surface area contributed by atoms with Gasteiger partial charge >= 0.3 is 0 Å². The molecule has 2 nitrogen and oxygen atoms in total. The summed E-state index contributed by atoms with van der Waals surface area (Å²) in [5.41, 5.74) is 0. The molecule has 6 bridgehead atoms. The van der Waals surface area contributed by atoms with Gasteiger partial charge in [-0.25, -0.2) is 0 Å². The highest BCUT2D eigenvalue weighted by Gasteiger charge is 3.05. The van der Waals surface area contributed by atoms with Gasteiger partial charge in [-0.2, -0.15) is 0 Å². The molecule has 0 N–H and O–H groups in total. The molecule has 6 rings (SSSR count). The highest BCUT2D eigenvalue weighted by Crippen LogP contribution is 2.93. The molecule has 6 aliphatic rings. The Kier molecular flexibility index (Phi) is 1.52. The maximum atomic E-state index is 12.8. The number of hydrogen-bond donors (Lipinski definition) is 0. The van der Waals surface area contributed by atoms with Gasteiger partial charge in [-0.15, -0.1) is 34.8 Å². The summed E-state index contributed by atoms with van der Waals surface area (Å²) < 4.78 is 4.20. The van der Waals surface area contributed by atoms with Gasteiger partial charge in [0.05, 0.1) is 12.2 Å². The topological polar surface area (TPSA) is 29.6 Å². The van der Waals surface area contributed by atoms with Crippen LogP contribution in [0, 0.1) is 29.6 Å². The summed E-state index contributed by atoms with van der Waals surface area (Å²) in [5.74, 6) is 0.0702. The van der Waals surface area contributed by atoms with Gasteiger partial charge in [-0.3, -0.25) is 4.79 Å². The average molecular weight is 360 g/mol. The molecule has 5 aliphatic carbocycles. The lowest BCUT2D eigenvalue weighted by molar-refractivity contribution is -0.130. The second kappa shape index (κ2) is 2.49. The van der Waals surface area contributed by atoms with Crippen molar-refractivity contribution in [1.82, 2.24) is 0 Å². The summed E-state index contributed by atoms with van der Waals surface area (Å²) in [5, 5.41) is 0. The third kappa shape index (κ3) is 0.656. The van der Waals surface area contributed by atoms with E-state index >= 15 is 0 Å². The van der Waals surface area contributed by atoms with Crippen LogP contribution < -0.4 is 0 Å². The molecule has 5 saturated carbocycles. The summed E-state index contributed by atoms with van der Waals surface area (Å²) in [6, 6.07) is 0. The van der Waals surface area contributed by atoms with Crippen molar-refractivity contribution in [3.63, 3.8) is 0 Å². The maximum Gasteiger partial charge on any atom is 0.180 e. The van der Waals surface area contributed by atoms with E-state index in [4.69, 9.17) is 62.7 Å². The fourth-order valence-electron chi connectivity index (χ4n) is 6.58. The van der Waals surface area contributed by atoms with E-state index in [0.717, 1.165) is 0 Å². The van der Waals surface area contributed by atoms with E-state index in [1.165, 1.54) is 0 Å². The fraction of sp³-hybridized carbons (Fsp3) is 0.917. The predicted octanol–water partition coefficient (Wildman–Crippen LogP) is 2.58. The number of carbonyl (C=O) groups excluding carboxylic acids is 1. The summed E-state index contributed by atoms with van der Waals surface area (Å²) in [7, 11) is 0. The largest absolute Gasteiger partial charge is 0.369 e. The molecule has 10 unspecified atom stereocenters. The zero-order valence-corrected chi connectivity index (χ0v) is 13.0. The minimum atomic E-state index is -1.50. The van der Waals surface area contributed by atoms with Crippen LogP contribution in [0.25, 0.3) is 0 Å². The summed E-state index contributed by atoms with van der Waals surface area (Å²) in [4.78, 5) is 9.09. The smallest absolute Gasteiger partial charge is 0.180 e. The van der Waals surface area contributed by atoms with E-state index in [1.807, 2.05) is 0 Å². The van der Waals surface area contributed by atoms with Crippen LogP contribution >= 0.6 is 58.0 Å². The predicted molar refractivity (Wildman–Crippen MR) is 71.3 cm³/mol. The monoisotopic (exact) mass is 358 g/mol. The number of rotatable bonds is 0. The number of fused-ring (bicyclic) bond motifs is 5. The molecule has 19 heavy (non-hydrogen) atoms. The molecule has 0 aromatic rings. The van der Waals surface area contributed by atoms with E-state index in [9.17, 15) is 4.79 Å². The number of Topliss-reactive ketones (excluding diaryl/α,β-unsaturated/α-hetero) is 1. The Balaban J connectivity index is 1.78. The first kappa shape index (κ1) is 11.6. The molecule has 0 aromatic carbocycles. The lowest BCUT2D eigenvalue weighted by atomic mass is 9.62. The number of carbonyl (C=O) groups is 1. The number of hydrogen-bond acceptors (Lipinski definition) is 2.